The number of nitrogens with one attached hydrogen (secondary N) is 1. The fourth-order valence-corrected chi connectivity index (χ4v) is 2.95. The third-order valence-electron chi connectivity index (χ3n) is 3.15. The number of aryl methyl sites for hydroxylation is 2. The van der Waals surface area contributed by atoms with Crippen LogP contribution < -0.4 is 5.32 Å². The first-order chi connectivity index (χ1) is 9.63. The number of nitrogens with zero attached hydrogens (tertiary/aromatic N) is 2. The minimum absolute atomic E-state index is 0.0678. The zero-order valence-corrected chi connectivity index (χ0v) is 12.2. The van der Waals surface area contributed by atoms with E-state index in [0.717, 1.165) is 21.9 Å². The topological polar surface area (TPSA) is 46.4 Å². The van der Waals surface area contributed by atoms with Gasteiger partial charge >= 0.3 is 0 Å². The lowest BCUT2D eigenvalue weighted by molar-refractivity contribution is 0.0950. The van der Waals surface area contributed by atoms with E-state index in [0.29, 0.717) is 12.1 Å². The van der Waals surface area contributed by atoms with Crippen molar-refractivity contribution in [2.45, 2.75) is 20.4 Å². The van der Waals surface area contributed by atoms with E-state index < -0.39 is 0 Å². The zero-order chi connectivity index (χ0) is 14.1. The molecule has 1 aromatic carbocycles. The van der Waals surface area contributed by atoms with E-state index in [1.807, 2.05) is 48.7 Å². The van der Waals surface area contributed by atoms with Gasteiger partial charge in [-0.2, -0.15) is 0 Å². The Hall–Kier alpha value is -2.14. The molecule has 0 unspecified atom stereocenters. The van der Waals surface area contributed by atoms with Gasteiger partial charge in [0, 0.05) is 22.8 Å². The third-order valence-corrected chi connectivity index (χ3v) is 4.11. The van der Waals surface area contributed by atoms with Gasteiger partial charge in [0.2, 0.25) is 0 Å². The Morgan fingerprint density at radius 3 is 3.00 bits per heavy atom. The van der Waals surface area contributed by atoms with Gasteiger partial charge in [-0.3, -0.25) is 9.20 Å². The quantitative estimate of drug-likeness (QED) is 0.804. The summed E-state index contributed by atoms with van der Waals surface area (Å²) in [5, 5.41) is 4.97. The Morgan fingerprint density at radius 1 is 1.40 bits per heavy atom. The number of aromatic nitrogens is 2. The van der Waals surface area contributed by atoms with Crippen LogP contribution in [0.5, 0.6) is 0 Å². The van der Waals surface area contributed by atoms with E-state index in [-0.39, 0.29) is 5.91 Å². The number of carbonyl (C=O) groups is 1. The average Bonchev–Trinajstić information content (AvgIpc) is 2.98. The first-order valence-corrected chi connectivity index (χ1v) is 7.28. The molecular formula is C15H15N3OS. The maximum atomic E-state index is 12.0. The summed E-state index contributed by atoms with van der Waals surface area (Å²) in [7, 11) is 0. The molecule has 2 heterocycles. The van der Waals surface area contributed by atoms with Gasteiger partial charge in [-0.05, 0) is 26.0 Å². The normalized spacial score (nSPS) is 10.9. The third kappa shape index (κ3) is 2.44. The smallest absolute Gasteiger partial charge is 0.251 e. The van der Waals surface area contributed by atoms with Crippen molar-refractivity contribution in [1.82, 2.24) is 14.7 Å². The van der Waals surface area contributed by atoms with E-state index in [2.05, 4.69) is 15.7 Å². The largest absolute Gasteiger partial charge is 0.346 e. The number of rotatable bonds is 3. The summed E-state index contributed by atoms with van der Waals surface area (Å²) < 4.78 is 2.04. The highest BCUT2D eigenvalue weighted by molar-refractivity contribution is 7.15. The van der Waals surface area contributed by atoms with Crippen molar-refractivity contribution in [3.05, 3.63) is 58.4 Å². The second-order valence-electron chi connectivity index (χ2n) is 4.81. The Kier molecular flexibility index (Phi) is 3.28. The monoisotopic (exact) mass is 285 g/mol. The van der Waals surface area contributed by atoms with Crippen LogP contribution >= 0.6 is 11.3 Å². The van der Waals surface area contributed by atoms with Crippen molar-refractivity contribution < 1.29 is 4.79 Å². The van der Waals surface area contributed by atoms with Gasteiger partial charge in [-0.15, -0.1) is 11.3 Å². The summed E-state index contributed by atoms with van der Waals surface area (Å²) in [4.78, 5) is 17.5. The minimum Gasteiger partial charge on any atom is -0.346 e. The van der Waals surface area contributed by atoms with Gasteiger partial charge in [0.1, 0.15) is 0 Å². The SMILES string of the molecule is Cc1cccc(C(=O)NCc2cn3c(C)csc3n2)c1. The molecule has 0 aliphatic carbocycles. The highest BCUT2D eigenvalue weighted by Gasteiger charge is 2.08. The van der Waals surface area contributed by atoms with Crippen molar-refractivity contribution >= 4 is 22.2 Å². The Labute approximate surface area is 121 Å². The second kappa shape index (κ2) is 5.09. The molecular weight excluding hydrogens is 270 g/mol. The van der Waals surface area contributed by atoms with E-state index in [1.165, 1.54) is 0 Å². The molecule has 0 aliphatic heterocycles. The van der Waals surface area contributed by atoms with Crippen LogP contribution in [0.2, 0.25) is 0 Å². The highest BCUT2D eigenvalue weighted by atomic mass is 32.1. The Balaban J connectivity index is 1.71. The molecule has 0 bridgehead atoms. The summed E-state index contributed by atoms with van der Waals surface area (Å²) in [6, 6.07) is 7.56. The van der Waals surface area contributed by atoms with Gasteiger partial charge in [-0.1, -0.05) is 17.7 Å². The van der Waals surface area contributed by atoms with Gasteiger partial charge in [0.05, 0.1) is 12.2 Å². The van der Waals surface area contributed by atoms with Crippen LogP contribution in [0.25, 0.3) is 4.96 Å². The van der Waals surface area contributed by atoms with E-state index in [9.17, 15) is 4.79 Å². The lowest BCUT2D eigenvalue weighted by Gasteiger charge is -2.03. The predicted octanol–water partition coefficient (Wildman–Crippen LogP) is 2.94. The van der Waals surface area contributed by atoms with E-state index >= 15 is 0 Å². The lowest BCUT2D eigenvalue weighted by atomic mass is 10.1. The summed E-state index contributed by atoms with van der Waals surface area (Å²) in [6.07, 6.45) is 1.97. The second-order valence-corrected chi connectivity index (χ2v) is 5.65. The average molecular weight is 285 g/mol. The molecule has 4 nitrogen and oxygen atoms in total. The molecule has 0 spiro atoms. The number of thiazole rings is 1. The zero-order valence-electron chi connectivity index (χ0n) is 11.4. The lowest BCUT2D eigenvalue weighted by Crippen LogP contribution is -2.22. The molecule has 0 saturated carbocycles. The van der Waals surface area contributed by atoms with E-state index in [4.69, 9.17) is 0 Å². The van der Waals surface area contributed by atoms with Crippen LogP contribution in [-0.4, -0.2) is 15.3 Å². The molecule has 3 aromatic rings. The molecule has 2 aromatic heterocycles. The summed E-state index contributed by atoms with van der Waals surface area (Å²) in [6.45, 7) is 4.46. The molecule has 1 amide bonds. The van der Waals surface area contributed by atoms with Crippen molar-refractivity contribution in [3.63, 3.8) is 0 Å². The summed E-state index contributed by atoms with van der Waals surface area (Å²) in [5.74, 6) is -0.0678. The number of hydrogen-bond donors (Lipinski definition) is 1. The van der Waals surface area contributed by atoms with Crippen molar-refractivity contribution in [2.75, 3.05) is 0 Å². The Morgan fingerprint density at radius 2 is 2.25 bits per heavy atom. The van der Waals surface area contributed by atoms with Crippen molar-refractivity contribution in [3.8, 4) is 0 Å². The maximum Gasteiger partial charge on any atom is 0.251 e. The van der Waals surface area contributed by atoms with Crippen LogP contribution in [0.15, 0.2) is 35.8 Å². The highest BCUT2D eigenvalue weighted by Crippen LogP contribution is 2.15. The van der Waals surface area contributed by atoms with Crippen molar-refractivity contribution in [2.24, 2.45) is 0 Å². The molecule has 0 aliphatic rings. The number of imidazole rings is 1. The van der Waals surface area contributed by atoms with Crippen LogP contribution in [0.3, 0.4) is 0 Å². The first-order valence-electron chi connectivity index (χ1n) is 6.40. The molecule has 0 fully saturated rings. The maximum absolute atomic E-state index is 12.0. The standard InChI is InChI=1S/C15H15N3OS/c1-10-4-3-5-12(6-10)14(19)16-7-13-8-18-11(2)9-20-15(18)17-13/h3-6,8-9H,7H2,1-2H3,(H,16,19). The predicted molar refractivity (Wildman–Crippen MR) is 80.2 cm³/mol. The molecule has 0 radical (unpaired) electrons. The van der Waals surface area contributed by atoms with Crippen LogP contribution in [0.1, 0.15) is 27.3 Å². The fourth-order valence-electron chi connectivity index (χ4n) is 2.08. The van der Waals surface area contributed by atoms with Crippen LogP contribution in [-0.2, 0) is 6.54 Å². The van der Waals surface area contributed by atoms with Gasteiger partial charge in [-0.25, -0.2) is 4.98 Å². The van der Waals surface area contributed by atoms with Crippen LogP contribution in [0, 0.1) is 13.8 Å². The molecule has 1 N–H and O–H groups in total. The molecule has 20 heavy (non-hydrogen) atoms. The number of benzene rings is 1. The van der Waals surface area contributed by atoms with Gasteiger partial charge < -0.3 is 5.32 Å². The number of fused-ring (bicyclic) bond motifs is 1. The van der Waals surface area contributed by atoms with Crippen molar-refractivity contribution in [1.29, 1.82) is 0 Å². The molecule has 5 heteroatoms. The van der Waals surface area contributed by atoms with Gasteiger partial charge in [0.25, 0.3) is 5.91 Å². The molecule has 0 atom stereocenters. The minimum atomic E-state index is -0.0678. The number of hydrogen-bond acceptors (Lipinski definition) is 3. The molecule has 3 rings (SSSR count). The molecule has 102 valence electrons. The Bertz CT molecular complexity index is 772. The first kappa shape index (κ1) is 12.9. The summed E-state index contributed by atoms with van der Waals surface area (Å²) in [5.41, 5.74) is 3.80. The number of carbonyl (C=O) groups excluding carboxylic acids is 1. The van der Waals surface area contributed by atoms with Crippen LogP contribution in [0.4, 0.5) is 0 Å². The van der Waals surface area contributed by atoms with Gasteiger partial charge in [0.15, 0.2) is 4.96 Å². The fraction of sp³-hybridized carbons (Fsp3) is 0.200. The molecule has 0 saturated heterocycles. The van der Waals surface area contributed by atoms with E-state index in [1.54, 1.807) is 11.3 Å². The number of amides is 1. The summed E-state index contributed by atoms with van der Waals surface area (Å²) >= 11 is 1.61.